The predicted octanol–water partition coefficient (Wildman–Crippen LogP) is 4.69. The second kappa shape index (κ2) is 18.8. The first-order chi connectivity index (χ1) is 26.9. The molecule has 0 aliphatic carbocycles. The molecule has 12 nitrogen and oxygen atoms in total. The van der Waals surface area contributed by atoms with E-state index >= 15 is 0 Å². The third-order valence-corrected chi connectivity index (χ3v) is 13.3. The molecule has 0 unspecified atom stereocenters. The SMILES string of the molecule is COc1ccc2ncc(=O)n(CCN3CCC(N)CC3)c2c1.COc1ccc2ncc(=O)n(CCN3CCC(NCc4ccc5c(c4)SCCS5)CC3)c2c1. The predicted molar refractivity (Wildman–Crippen MR) is 223 cm³/mol. The van der Waals surface area contributed by atoms with Crippen molar-refractivity contribution in [3.63, 3.8) is 0 Å². The monoisotopic (exact) mass is 784 g/mol. The largest absolute Gasteiger partial charge is 0.497 e. The summed E-state index contributed by atoms with van der Waals surface area (Å²) >= 11 is 3.95. The minimum absolute atomic E-state index is 0.0612. The number of thioether (sulfide) groups is 2. The summed E-state index contributed by atoms with van der Waals surface area (Å²) in [4.78, 5) is 40.9. The third-order valence-electron chi connectivity index (χ3n) is 10.8. The van der Waals surface area contributed by atoms with Crippen LogP contribution in [0.1, 0.15) is 31.2 Å². The Morgan fingerprint density at radius 1 is 0.691 bits per heavy atom. The van der Waals surface area contributed by atoms with Crippen molar-refractivity contribution in [2.75, 3.05) is 65.0 Å². The number of likely N-dealkylation sites (tertiary alicyclic amines) is 2. The smallest absolute Gasteiger partial charge is 0.269 e. The van der Waals surface area contributed by atoms with Gasteiger partial charge < -0.3 is 39.5 Å². The maximum atomic E-state index is 12.5. The van der Waals surface area contributed by atoms with Gasteiger partial charge in [-0.3, -0.25) is 9.59 Å². The van der Waals surface area contributed by atoms with Crippen molar-refractivity contribution in [2.45, 2.75) is 67.2 Å². The quantitative estimate of drug-likeness (QED) is 0.193. The highest BCUT2D eigenvalue weighted by molar-refractivity contribution is 8.05. The molecule has 2 fully saturated rings. The van der Waals surface area contributed by atoms with Crippen molar-refractivity contribution in [3.05, 3.63) is 93.3 Å². The topological polar surface area (TPSA) is 133 Å². The number of ether oxygens (including phenoxy) is 2. The molecule has 3 aliphatic heterocycles. The molecule has 0 radical (unpaired) electrons. The van der Waals surface area contributed by atoms with Gasteiger partial charge in [-0.15, -0.1) is 23.5 Å². The zero-order valence-electron chi connectivity index (χ0n) is 31.8. The molecule has 3 N–H and O–H groups in total. The fourth-order valence-electron chi connectivity index (χ4n) is 7.48. The van der Waals surface area contributed by atoms with Gasteiger partial charge in [-0.05, 0) is 93.8 Å². The number of nitrogens with zero attached hydrogens (tertiary/aromatic N) is 6. The Bertz CT molecular complexity index is 2180. The third kappa shape index (κ3) is 10.1. The zero-order valence-corrected chi connectivity index (χ0v) is 33.5. The number of hydrogen-bond donors (Lipinski definition) is 2. The van der Waals surface area contributed by atoms with E-state index in [0.29, 0.717) is 25.2 Å². The number of fused-ring (bicyclic) bond motifs is 3. The molecule has 0 bridgehead atoms. The van der Waals surface area contributed by atoms with Crippen molar-refractivity contribution in [1.82, 2.24) is 34.2 Å². The first kappa shape index (κ1) is 39.3. The summed E-state index contributed by atoms with van der Waals surface area (Å²) in [5.41, 5.74) is 10.5. The Hall–Kier alpha value is -3.92. The fourth-order valence-corrected chi connectivity index (χ4v) is 9.75. The molecular formula is C41H52N8O4S2. The van der Waals surface area contributed by atoms with E-state index in [9.17, 15) is 9.59 Å². The lowest BCUT2D eigenvalue weighted by atomic mass is 10.0. The van der Waals surface area contributed by atoms with Gasteiger partial charge in [-0.2, -0.15) is 0 Å². The molecule has 3 aliphatic rings. The van der Waals surface area contributed by atoms with Gasteiger partial charge in [0.05, 0.1) is 48.7 Å². The first-order valence-electron chi connectivity index (χ1n) is 19.3. The van der Waals surface area contributed by atoms with Crippen LogP contribution in [0, 0.1) is 0 Å². The van der Waals surface area contributed by atoms with Gasteiger partial charge in [0.15, 0.2) is 0 Å². The molecule has 0 amide bonds. The average molecular weight is 785 g/mol. The summed E-state index contributed by atoms with van der Waals surface area (Å²) in [5, 5.41) is 3.76. The van der Waals surface area contributed by atoms with Crippen molar-refractivity contribution in [2.24, 2.45) is 5.73 Å². The number of piperidine rings is 2. The molecule has 55 heavy (non-hydrogen) atoms. The molecule has 0 atom stereocenters. The Balaban J connectivity index is 0.000000184. The van der Waals surface area contributed by atoms with Crippen molar-refractivity contribution >= 4 is 45.6 Å². The number of benzene rings is 3. The summed E-state index contributed by atoms with van der Waals surface area (Å²) < 4.78 is 14.2. The molecule has 0 saturated carbocycles. The van der Waals surface area contributed by atoms with Gasteiger partial charge in [-0.25, -0.2) is 9.97 Å². The Morgan fingerprint density at radius 2 is 1.22 bits per heavy atom. The summed E-state index contributed by atoms with van der Waals surface area (Å²) in [6, 6.07) is 19.1. The van der Waals surface area contributed by atoms with E-state index in [1.165, 1.54) is 39.3 Å². The van der Waals surface area contributed by atoms with Crippen LogP contribution < -0.4 is 31.6 Å². The highest BCUT2D eigenvalue weighted by Crippen LogP contribution is 2.37. The van der Waals surface area contributed by atoms with Crippen LogP contribution in [-0.2, 0) is 19.6 Å². The van der Waals surface area contributed by atoms with E-state index in [4.69, 9.17) is 15.2 Å². The van der Waals surface area contributed by atoms with Crippen LogP contribution in [0.2, 0.25) is 0 Å². The zero-order chi connectivity index (χ0) is 38.1. The van der Waals surface area contributed by atoms with Crippen LogP contribution in [0.15, 0.2) is 86.4 Å². The van der Waals surface area contributed by atoms with Crippen molar-refractivity contribution < 1.29 is 9.47 Å². The van der Waals surface area contributed by atoms with Crippen LogP contribution >= 0.6 is 23.5 Å². The highest BCUT2D eigenvalue weighted by Gasteiger charge is 2.20. The molecule has 5 aromatic rings. The van der Waals surface area contributed by atoms with Gasteiger partial charge in [0.25, 0.3) is 11.1 Å². The second-order valence-electron chi connectivity index (χ2n) is 14.4. The van der Waals surface area contributed by atoms with E-state index in [1.54, 1.807) is 18.8 Å². The van der Waals surface area contributed by atoms with Gasteiger partial charge in [0.2, 0.25) is 0 Å². The molecule has 3 aromatic carbocycles. The Kier molecular flexibility index (Phi) is 13.4. The highest BCUT2D eigenvalue weighted by atomic mass is 32.2. The molecule has 5 heterocycles. The molecule has 14 heteroatoms. The molecule has 2 aromatic heterocycles. The van der Waals surface area contributed by atoms with Gasteiger partial charge in [0, 0.05) is 78.2 Å². The van der Waals surface area contributed by atoms with Crippen LogP contribution in [-0.4, -0.2) is 106 Å². The minimum Gasteiger partial charge on any atom is -0.497 e. The molecular weight excluding hydrogens is 733 g/mol. The Labute approximate surface area is 330 Å². The van der Waals surface area contributed by atoms with E-state index in [1.807, 2.05) is 64.5 Å². The molecule has 292 valence electrons. The molecule has 0 spiro atoms. The fraction of sp³-hybridized carbons (Fsp3) is 0.463. The first-order valence-corrected chi connectivity index (χ1v) is 21.2. The Morgan fingerprint density at radius 3 is 1.76 bits per heavy atom. The van der Waals surface area contributed by atoms with Gasteiger partial charge >= 0.3 is 0 Å². The minimum atomic E-state index is -0.0746. The van der Waals surface area contributed by atoms with Crippen molar-refractivity contribution in [3.8, 4) is 11.5 Å². The second-order valence-corrected chi connectivity index (χ2v) is 16.6. The lowest BCUT2D eigenvalue weighted by molar-refractivity contribution is 0.191. The number of methoxy groups -OCH3 is 2. The summed E-state index contributed by atoms with van der Waals surface area (Å²) in [7, 11) is 3.26. The number of hydrogen-bond acceptors (Lipinski definition) is 12. The van der Waals surface area contributed by atoms with Crippen LogP contribution in [0.5, 0.6) is 11.5 Å². The maximum absolute atomic E-state index is 12.5. The summed E-state index contributed by atoms with van der Waals surface area (Å²) in [5.74, 6) is 3.90. The number of nitrogens with two attached hydrogens (primary N) is 1. The maximum Gasteiger partial charge on any atom is 0.269 e. The normalized spacial score (nSPS) is 17.1. The van der Waals surface area contributed by atoms with Gasteiger partial charge in [0.1, 0.15) is 11.5 Å². The van der Waals surface area contributed by atoms with E-state index in [0.717, 1.165) is 105 Å². The standard InChI is InChI=1S/C25H30N4O2S2.C16H22N4O2/c1-31-20-3-4-21-22(15-20)29(25(30)17-27-21)11-10-28-8-6-19(7-9-28)26-16-18-2-5-23-24(14-18)33-13-12-32-23;1-22-13-2-3-14-15(10-13)20(16(21)11-18-14)9-8-19-6-4-12(17)5-7-19/h2-5,14-15,17,19,26H,6-13,16H2,1H3;2-3,10-12H,4-9,17H2,1H3. The van der Waals surface area contributed by atoms with Crippen molar-refractivity contribution in [1.29, 1.82) is 0 Å². The lowest BCUT2D eigenvalue weighted by Crippen LogP contribution is -2.43. The summed E-state index contributed by atoms with van der Waals surface area (Å²) in [6.45, 7) is 8.07. The lowest BCUT2D eigenvalue weighted by Gasteiger charge is -2.32. The van der Waals surface area contributed by atoms with Crippen LogP contribution in [0.25, 0.3) is 22.1 Å². The number of rotatable bonds is 11. The average Bonchev–Trinajstić information content (AvgIpc) is 3.23. The molecule has 8 rings (SSSR count). The summed E-state index contributed by atoms with van der Waals surface area (Å²) in [6.07, 6.45) is 7.13. The van der Waals surface area contributed by atoms with Crippen LogP contribution in [0.4, 0.5) is 0 Å². The number of nitrogens with one attached hydrogen (secondary N) is 1. The number of aromatic nitrogens is 4. The van der Waals surface area contributed by atoms with Crippen LogP contribution in [0.3, 0.4) is 0 Å². The van der Waals surface area contributed by atoms with Gasteiger partial charge in [-0.1, -0.05) is 6.07 Å². The van der Waals surface area contributed by atoms with E-state index < -0.39 is 0 Å². The van der Waals surface area contributed by atoms with E-state index in [2.05, 4.69) is 43.3 Å². The molecule has 2 saturated heterocycles. The van der Waals surface area contributed by atoms with E-state index in [-0.39, 0.29) is 11.1 Å².